The van der Waals surface area contributed by atoms with Gasteiger partial charge in [0.1, 0.15) is 10.7 Å². The Kier molecular flexibility index (Phi) is 6.20. The summed E-state index contributed by atoms with van der Waals surface area (Å²) in [5, 5.41) is 6.22. The second kappa shape index (κ2) is 8.61. The predicted molar refractivity (Wildman–Crippen MR) is 105 cm³/mol. The number of anilines is 2. The van der Waals surface area contributed by atoms with E-state index < -0.39 is 21.7 Å². The summed E-state index contributed by atoms with van der Waals surface area (Å²) < 4.78 is 53.0. The minimum atomic E-state index is -3.95. The summed E-state index contributed by atoms with van der Waals surface area (Å²) in [4.78, 5) is 8.40. The smallest absolute Gasteiger partial charge is 0.263 e. The van der Waals surface area contributed by atoms with E-state index >= 15 is 0 Å². The molecule has 0 aliphatic carbocycles. The van der Waals surface area contributed by atoms with Crippen LogP contribution in [0, 0.1) is 18.6 Å². The van der Waals surface area contributed by atoms with Crippen LogP contribution < -0.4 is 10.0 Å². The summed E-state index contributed by atoms with van der Waals surface area (Å²) in [6.45, 7) is 2.63. The SMILES string of the molecule is Cc1csc(CCCNc2ccc(S(=O)(=O)Nc3ccc(F)c(F)c3)cn2)n1. The molecule has 0 fully saturated rings. The van der Waals surface area contributed by atoms with Crippen molar-refractivity contribution in [2.24, 2.45) is 0 Å². The van der Waals surface area contributed by atoms with Crippen molar-refractivity contribution in [3.8, 4) is 0 Å². The average Bonchev–Trinajstić information content (AvgIpc) is 3.07. The lowest BCUT2D eigenvalue weighted by atomic mass is 10.3. The molecule has 0 atom stereocenters. The van der Waals surface area contributed by atoms with Crippen molar-refractivity contribution in [2.75, 3.05) is 16.6 Å². The number of aromatic nitrogens is 2. The predicted octanol–water partition coefficient (Wildman–Crippen LogP) is 3.97. The van der Waals surface area contributed by atoms with Gasteiger partial charge in [0, 0.05) is 36.3 Å². The number of rotatable bonds is 8. The van der Waals surface area contributed by atoms with E-state index in [0.717, 1.165) is 41.7 Å². The lowest BCUT2D eigenvalue weighted by molar-refractivity contribution is 0.509. The number of nitrogens with zero attached hydrogens (tertiary/aromatic N) is 2. The molecule has 1 aromatic carbocycles. The van der Waals surface area contributed by atoms with Crippen LogP contribution in [0.4, 0.5) is 20.3 Å². The van der Waals surface area contributed by atoms with E-state index in [0.29, 0.717) is 12.4 Å². The topological polar surface area (TPSA) is 84.0 Å². The number of nitrogens with one attached hydrogen (secondary N) is 2. The van der Waals surface area contributed by atoms with E-state index in [2.05, 4.69) is 20.0 Å². The highest BCUT2D eigenvalue weighted by molar-refractivity contribution is 7.92. The first-order valence-electron chi connectivity index (χ1n) is 8.42. The van der Waals surface area contributed by atoms with Gasteiger partial charge in [0.2, 0.25) is 0 Å². The molecule has 2 N–H and O–H groups in total. The number of aryl methyl sites for hydroxylation is 2. The van der Waals surface area contributed by atoms with Crippen LogP contribution in [-0.4, -0.2) is 24.9 Å². The van der Waals surface area contributed by atoms with Gasteiger partial charge in [-0.05, 0) is 37.6 Å². The Morgan fingerprint density at radius 2 is 1.96 bits per heavy atom. The number of thiazole rings is 1. The summed E-state index contributed by atoms with van der Waals surface area (Å²) in [5.74, 6) is -1.64. The zero-order chi connectivity index (χ0) is 20.1. The minimum Gasteiger partial charge on any atom is -0.370 e. The van der Waals surface area contributed by atoms with Gasteiger partial charge < -0.3 is 5.32 Å². The molecule has 3 rings (SSSR count). The summed E-state index contributed by atoms with van der Waals surface area (Å²) in [7, 11) is -3.95. The normalized spacial score (nSPS) is 11.4. The molecule has 28 heavy (non-hydrogen) atoms. The van der Waals surface area contributed by atoms with Crippen molar-refractivity contribution in [1.82, 2.24) is 9.97 Å². The molecule has 0 spiro atoms. The molecule has 0 aliphatic heterocycles. The highest BCUT2D eigenvalue weighted by Gasteiger charge is 2.16. The number of halogens is 2. The zero-order valence-corrected chi connectivity index (χ0v) is 16.6. The Hall–Kier alpha value is -2.59. The molecule has 0 bridgehead atoms. The standard InChI is InChI=1S/C18H18F2N4O2S2/c1-12-11-27-18(23-12)3-2-8-21-17-7-5-14(10-22-17)28(25,26)24-13-4-6-15(19)16(20)9-13/h4-7,9-11,24H,2-3,8H2,1H3,(H,21,22). The van der Waals surface area contributed by atoms with E-state index in [-0.39, 0.29) is 10.6 Å². The summed E-state index contributed by atoms with van der Waals surface area (Å²) in [6.07, 6.45) is 2.93. The summed E-state index contributed by atoms with van der Waals surface area (Å²) in [6, 6.07) is 5.71. The lowest BCUT2D eigenvalue weighted by Crippen LogP contribution is -2.14. The van der Waals surface area contributed by atoms with Gasteiger partial charge in [-0.1, -0.05) is 0 Å². The maximum atomic E-state index is 13.2. The monoisotopic (exact) mass is 424 g/mol. The molecule has 10 heteroatoms. The molecule has 0 aliphatic rings. The first-order chi connectivity index (χ1) is 13.3. The van der Waals surface area contributed by atoms with Crippen LogP contribution in [0.2, 0.25) is 0 Å². The second-order valence-corrected chi connectivity index (χ2v) is 8.65. The maximum Gasteiger partial charge on any atom is 0.263 e. The van der Waals surface area contributed by atoms with Crippen molar-refractivity contribution >= 4 is 32.9 Å². The van der Waals surface area contributed by atoms with Crippen LogP contribution >= 0.6 is 11.3 Å². The molecule has 0 saturated carbocycles. The Morgan fingerprint density at radius 1 is 1.14 bits per heavy atom. The number of hydrogen-bond donors (Lipinski definition) is 2. The molecular weight excluding hydrogens is 406 g/mol. The van der Waals surface area contributed by atoms with Crippen molar-refractivity contribution in [2.45, 2.75) is 24.7 Å². The third-order valence-corrected chi connectivity index (χ3v) is 6.15. The Bertz CT molecular complexity index is 1050. The third kappa shape index (κ3) is 5.23. The van der Waals surface area contributed by atoms with Crippen molar-refractivity contribution in [3.05, 3.63) is 64.2 Å². The van der Waals surface area contributed by atoms with Gasteiger partial charge in [0.15, 0.2) is 11.6 Å². The molecule has 0 amide bonds. The average molecular weight is 424 g/mol. The highest BCUT2D eigenvalue weighted by Crippen LogP contribution is 2.19. The fourth-order valence-corrected chi connectivity index (χ4v) is 4.20. The molecule has 148 valence electrons. The Labute approximate surface area is 165 Å². The third-order valence-electron chi connectivity index (χ3n) is 3.76. The zero-order valence-electron chi connectivity index (χ0n) is 14.9. The molecule has 3 aromatic rings. The molecule has 0 saturated heterocycles. The van der Waals surface area contributed by atoms with Gasteiger partial charge in [-0.25, -0.2) is 27.2 Å². The molecular formula is C18H18F2N4O2S2. The van der Waals surface area contributed by atoms with E-state index in [4.69, 9.17) is 0 Å². The van der Waals surface area contributed by atoms with E-state index in [1.807, 2.05) is 12.3 Å². The van der Waals surface area contributed by atoms with Crippen molar-refractivity contribution in [3.63, 3.8) is 0 Å². The van der Waals surface area contributed by atoms with E-state index in [9.17, 15) is 17.2 Å². The maximum absolute atomic E-state index is 13.2. The van der Waals surface area contributed by atoms with Gasteiger partial charge in [0.05, 0.1) is 10.7 Å². The minimum absolute atomic E-state index is 0.0708. The first kappa shape index (κ1) is 20.2. The molecule has 0 unspecified atom stereocenters. The van der Waals surface area contributed by atoms with Gasteiger partial charge >= 0.3 is 0 Å². The molecule has 2 heterocycles. The lowest BCUT2D eigenvalue weighted by Gasteiger charge is -2.09. The van der Waals surface area contributed by atoms with Crippen LogP contribution in [0.15, 0.2) is 46.8 Å². The van der Waals surface area contributed by atoms with Crippen LogP contribution in [0.25, 0.3) is 0 Å². The Morgan fingerprint density at radius 3 is 2.61 bits per heavy atom. The number of benzene rings is 1. The molecule has 2 aromatic heterocycles. The van der Waals surface area contributed by atoms with Crippen LogP contribution in [0.1, 0.15) is 17.1 Å². The molecule has 6 nitrogen and oxygen atoms in total. The van der Waals surface area contributed by atoms with Gasteiger partial charge in [-0.2, -0.15) is 0 Å². The van der Waals surface area contributed by atoms with Gasteiger partial charge in [-0.15, -0.1) is 11.3 Å². The summed E-state index contributed by atoms with van der Waals surface area (Å²) >= 11 is 1.63. The number of hydrogen-bond acceptors (Lipinski definition) is 6. The van der Waals surface area contributed by atoms with E-state index in [1.54, 1.807) is 17.4 Å². The van der Waals surface area contributed by atoms with Crippen LogP contribution in [0.3, 0.4) is 0 Å². The number of pyridine rings is 1. The quantitative estimate of drug-likeness (QED) is 0.535. The fraction of sp³-hybridized carbons (Fsp3) is 0.222. The largest absolute Gasteiger partial charge is 0.370 e. The first-order valence-corrected chi connectivity index (χ1v) is 10.8. The van der Waals surface area contributed by atoms with Gasteiger partial charge in [-0.3, -0.25) is 4.72 Å². The molecule has 0 radical (unpaired) electrons. The van der Waals surface area contributed by atoms with Crippen LogP contribution in [0.5, 0.6) is 0 Å². The van der Waals surface area contributed by atoms with Gasteiger partial charge in [0.25, 0.3) is 10.0 Å². The Balaban J connectivity index is 1.55. The van der Waals surface area contributed by atoms with E-state index in [1.165, 1.54) is 12.3 Å². The van der Waals surface area contributed by atoms with Crippen molar-refractivity contribution < 1.29 is 17.2 Å². The second-order valence-electron chi connectivity index (χ2n) is 6.03. The number of sulfonamides is 1. The summed E-state index contributed by atoms with van der Waals surface area (Å²) in [5.41, 5.74) is 0.946. The van der Waals surface area contributed by atoms with Crippen LogP contribution in [-0.2, 0) is 16.4 Å². The van der Waals surface area contributed by atoms with Crippen molar-refractivity contribution in [1.29, 1.82) is 0 Å². The fourth-order valence-electron chi connectivity index (χ4n) is 2.39. The highest BCUT2D eigenvalue weighted by atomic mass is 32.2.